The first-order valence-electron chi connectivity index (χ1n) is 5.25. The van der Waals surface area contributed by atoms with Crippen LogP contribution in [0, 0.1) is 0 Å². The fraction of sp³-hybridized carbons (Fsp3) is 0.700. The molecular formula is C10H16BrN3. The van der Waals surface area contributed by atoms with E-state index in [0.717, 1.165) is 30.0 Å². The van der Waals surface area contributed by atoms with Crippen molar-refractivity contribution in [1.82, 2.24) is 15.1 Å². The van der Waals surface area contributed by atoms with Gasteiger partial charge in [-0.05, 0) is 35.7 Å². The Morgan fingerprint density at radius 3 is 3.07 bits per heavy atom. The standard InChI is InChI=1S/C10H16BrN3/c1-2-14-10(9(11)7-13-14)5-6-12-8-3-4-8/h7-8,12H,2-6H2,1H3. The van der Waals surface area contributed by atoms with Gasteiger partial charge in [-0.2, -0.15) is 5.10 Å². The summed E-state index contributed by atoms with van der Waals surface area (Å²) in [5.41, 5.74) is 1.31. The molecule has 1 saturated carbocycles. The summed E-state index contributed by atoms with van der Waals surface area (Å²) < 4.78 is 3.19. The molecule has 78 valence electrons. The molecule has 4 heteroatoms. The van der Waals surface area contributed by atoms with E-state index in [1.165, 1.54) is 18.5 Å². The van der Waals surface area contributed by atoms with E-state index in [2.05, 4.69) is 38.0 Å². The molecule has 0 unspecified atom stereocenters. The molecule has 1 heterocycles. The van der Waals surface area contributed by atoms with E-state index in [-0.39, 0.29) is 0 Å². The fourth-order valence-electron chi connectivity index (χ4n) is 1.59. The molecule has 1 fully saturated rings. The van der Waals surface area contributed by atoms with Crippen LogP contribution in [0.5, 0.6) is 0 Å². The molecule has 0 spiro atoms. The van der Waals surface area contributed by atoms with Gasteiger partial charge in [0, 0.05) is 25.6 Å². The van der Waals surface area contributed by atoms with Crippen molar-refractivity contribution >= 4 is 15.9 Å². The normalized spacial score (nSPS) is 16.1. The van der Waals surface area contributed by atoms with E-state index in [0.29, 0.717) is 0 Å². The summed E-state index contributed by atoms with van der Waals surface area (Å²) in [4.78, 5) is 0. The highest BCUT2D eigenvalue weighted by Gasteiger charge is 2.20. The van der Waals surface area contributed by atoms with E-state index in [1.54, 1.807) is 0 Å². The number of aromatic nitrogens is 2. The van der Waals surface area contributed by atoms with Gasteiger partial charge in [0.25, 0.3) is 0 Å². The number of hydrogen-bond donors (Lipinski definition) is 1. The Hall–Kier alpha value is -0.350. The van der Waals surface area contributed by atoms with Gasteiger partial charge in [0.1, 0.15) is 0 Å². The molecule has 14 heavy (non-hydrogen) atoms. The summed E-state index contributed by atoms with van der Waals surface area (Å²) in [7, 11) is 0. The minimum Gasteiger partial charge on any atom is -0.314 e. The smallest absolute Gasteiger partial charge is 0.0635 e. The Balaban J connectivity index is 1.88. The monoisotopic (exact) mass is 257 g/mol. The maximum atomic E-state index is 4.29. The molecule has 2 rings (SSSR count). The van der Waals surface area contributed by atoms with Crippen molar-refractivity contribution < 1.29 is 0 Å². The topological polar surface area (TPSA) is 29.9 Å². The Kier molecular flexibility index (Phi) is 3.23. The van der Waals surface area contributed by atoms with Gasteiger partial charge in [0.15, 0.2) is 0 Å². The molecule has 0 bridgehead atoms. The lowest BCUT2D eigenvalue weighted by Crippen LogP contribution is -2.20. The molecular weight excluding hydrogens is 242 g/mol. The fourth-order valence-corrected chi connectivity index (χ4v) is 2.09. The van der Waals surface area contributed by atoms with Crippen molar-refractivity contribution in [3.05, 3.63) is 16.4 Å². The van der Waals surface area contributed by atoms with E-state index in [9.17, 15) is 0 Å². The first-order valence-corrected chi connectivity index (χ1v) is 6.04. The predicted molar refractivity (Wildman–Crippen MR) is 60.3 cm³/mol. The van der Waals surface area contributed by atoms with Crippen molar-refractivity contribution in [1.29, 1.82) is 0 Å². The van der Waals surface area contributed by atoms with Crippen LogP contribution >= 0.6 is 15.9 Å². The van der Waals surface area contributed by atoms with E-state index >= 15 is 0 Å². The highest BCUT2D eigenvalue weighted by molar-refractivity contribution is 9.10. The Labute approximate surface area is 93.0 Å². The maximum absolute atomic E-state index is 4.29. The molecule has 1 aliphatic rings. The van der Waals surface area contributed by atoms with Crippen LogP contribution in [0.4, 0.5) is 0 Å². The van der Waals surface area contributed by atoms with Crippen molar-refractivity contribution in [2.45, 2.75) is 38.8 Å². The van der Waals surface area contributed by atoms with Crippen molar-refractivity contribution in [2.75, 3.05) is 6.54 Å². The number of nitrogens with zero attached hydrogens (tertiary/aromatic N) is 2. The first-order chi connectivity index (χ1) is 6.81. The van der Waals surface area contributed by atoms with Crippen LogP contribution in [0.2, 0.25) is 0 Å². The molecule has 1 aromatic heterocycles. The third kappa shape index (κ3) is 2.36. The van der Waals surface area contributed by atoms with Crippen molar-refractivity contribution in [3.63, 3.8) is 0 Å². The van der Waals surface area contributed by atoms with Crippen LogP contribution in [0.25, 0.3) is 0 Å². The van der Waals surface area contributed by atoms with E-state index in [1.807, 2.05) is 6.20 Å². The summed E-state index contributed by atoms with van der Waals surface area (Å²) in [6, 6.07) is 0.798. The molecule has 1 aliphatic carbocycles. The first kappa shape index (κ1) is 10.2. The molecule has 0 aliphatic heterocycles. The number of rotatable bonds is 5. The number of halogens is 1. The van der Waals surface area contributed by atoms with Gasteiger partial charge in [0.05, 0.1) is 16.4 Å². The third-order valence-electron chi connectivity index (χ3n) is 2.57. The minimum absolute atomic E-state index is 0.798. The van der Waals surface area contributed by atoms with Crippen molar-refractivity contribution in [3.8, 4) is 0 Å². The third-order valence-corrected chi connectivity index (χ3v) is 3.23. The number of aryl methyl sites for hydroxylation is 1. The lowest BCUT2D eigenvalue weighted by molar-refractivity contribution is 0.595. The van der Waals surface area contributed by atoms with Gasteiger partial charge in [-0.25, -0.2) is 0 Å². The number of nitrogens with one attached hydrogen (secondary N) is 1. The summed E-state index contributed by atoms with van der Waals surface area (Å²) in [6.07, 6.45) is 5.66. The zero-order valence-electron chi connectivity index (χ0n) is 8.46. The second kappa shape index (κ2) is 4.45. The van der Waals surface area contributed by atoms with Gasteiger partial charge in [-0.15, -0.1) is 0 Å². The van der Waals surface area contributed by atoms with Crippen LogP contribution in [0.3, 0.4) is 0 Å². The quantitative estimate of drug-likeness (QED) is 0.875. The van der Waals surface area contributed by atoms with Crippen LogP contribution in [0.15, 0.2) is 10.7 Å². The lowest BCUT2D eigenvalue weighted by atomic mass is 10.3. The molecule has 3 nitrogen and oxygen atoms in total. The Morgan fingerprint density at radius 2 is 2.43 bits per heavy atom. The minimum atomic E-state index is 0.798. The van der Waals surface area contributed by atoms with Crippen LogP contribution in [-0.4, -0.2) is 22.4 Å². The zero-order valence-corrected chi connectivity index (χ0v) is 10.0. The van der Waals surface area contributed by atoms with Crippen LogP contribution < -0.4 is 5.32 Å². The molecule has 0 radical (unpaired) electrons. The average molecular weight is 258 g/mol. The van der Waals surface area contributed by atoms with E-state index < -0.39 is 0 Å². The second-order valence-corrected chi connectivity index (χ2v) is 4.59. The number of hydrogen-bond acceptors (Lipinski definition) is 2. The molecule has 0 atom stereocenters. The summed E-state index contributed by atoms with van der Waals surface area (Å²) in [5.74, 6) is 0. The maximum Gasteiger partial charge on any atom is 0.0635 e. The summed E-state index contributed by atoms with van der Waals surface area (Å²) >= 11 is 3.53. The van der Waals surface area contributed by atoms with Crippen LogP contribution in [-0.2, 0) is 13.0 Å². The summed E-state index contributed by atoms with van der Waals surface area (Å²) in [6.45, 7) is 4.14. The zero-order chi connectivity index (χ0) is 9.97. The van der Waals surface area contributed by atoms with Crippen LogP contribution in [0.1, 0.15) is 25.5 Å². The van der Waals surface area contributed by atoms with E-state index in [4.69, 9.17) is 0 Å². The largest absolute Gasteiger partial charge is 0.314 e. The molecule has 0 aromatic carbocycles. The highest BCUT2D eigenvalue weighted by Crippen LogP contribution is 2.19. The molecule has 1 aromatic rings. The molecule has 0 saturated heterocycles. The highest BCUT2D eigenvalue weighted by atomic mass is 79.9. The predicted octanol–water partition coefficient (Wildman–Crippen LogP) is 1.96. The molecule has 0 amide bonds. The van der Waals surface area contributed by atoms with Gasteiger partial charge in [0.2, 0.25) is 0 Å². The van der Waals surface area contributed by atoms with Gasteiger partial charge in [-0.3, -0.25) is 4.68 Å². The van der Waals surface area contributed by atoms with Gasteiger partial charge in [-0.1, -0.05) is 0 Å². The SMILES string of the molecule is CCn1ncc(Br)c1CCNC1CC1. The average Bonchev–Trinajstić information content (AvgIpc) is 2.93. The Morgan fingerprint density at radius 1 is 1.64 bits per heavy atom. The lowest BCUT2D eigenvalue weighted by Gasteiger charge is -2.06. The summed E-state index contributed by atoms with van der Waals surface area (Å²) in [5, 5.41) is 7.80. The van der Waals surface area contributed by atoms with Crippen molar-refractivity contribution in [2.24, 2.45) is 0 Å². The Bertz CT molecular complexity index is 304. The van der Waals surface area contributed by atoms with Gasteiger partial charge < -0.3 is 5.32 Å². The molecule has 1 N–H and O–H groups in total. The van der Waals surface area contributed by atoms with Gasteiger partial charge >= 0.3 is 0 Å². The second-order valence-electron chi connectivity index (χ2n) is 3.73.